The zero-order valence-corrected chi connectivity index (χ0v) is 15.9. The maximum Gasteiger partial charge on any atom is 0.326 e. The Morgan fingerprint density at radius 2 is 1.96 bits per heavy atom. The number of esters is 1. The van der Waals surface area contributed by atoms with Crippen molar-refractivity contribution in [2.24, 2.45) is 0 Å². The van der Waals surface area contributed by atoms with Crippen molar-refractivity contribution in [3.8, 4) is 0 Å². The lowest BCUT2D eigenvalue weighted by Gasteiger charge is -2.18. The van der Waals surface area contributed by atoms with E-state index in [9.17, 15) is 24.0 Å². The first-order chi connectivity index (χ1) is 13.2. The number of urea groups is 1. The number of anilines is 1. The summed E-state index contributed by atoms with van der Waals surface area (Å²) in [5.41, 5.74) is 0.768. The van der Waals surface area contributed by atoms with Crippen molar-refractivity contribution in [1.29, 1.82) is 0 Å². The topological polar surface area (TPSA) is 113 Å². The number of hydrogen-bond acceptors (Lipinski definition) is 6. The van der Waals surface area contributed by atoms with Gasteiger partial charge < -0.3 is 15.0 Å². The first-order valence-corrected chi connectivity index (χ1v) is 8.88. The number of Topliss-reactive ketones (excluding diaryl/α,β-unsaturated/α-hetero) is 1. The van der Waals surface area contributed by atoms with Crippen molar-refractivity contribution in [2.45, 2.75) is 32.2 Å². The predicted molar refractivity (Wildman–Crippen MR) is 97.8 cm³/mol. The monoisotopic (exact) mass is 387 g/mol. The molecule has 28 heavy (non-hydrogen) atoms. The summed E-state index contributed by atoms with van der Waals surface area (Å²) in [6, 6.07) is 4.18. The summed E-state index contributed by atoms with van der Waals surface area (Å²) in [7, 11) is 1.66. The highest BCUT2D eigenvalue weighted by atomic mass is 16.5. The van der Waals surface area contributed by atoms with Crippen LogP contribution in [0.4, 0.5) is 10.5 Å². The first kappa shape index (κ1) is 19.5. The van der Waals surface area contributed by atoms with Crippen LogP contribution in [0, 0.1) is 0 Å². The molecule has 0 saturated carbocycles. The molecule has 2 aliphatic rings. The van der Waals surface area contributed by atoms with Crippen molar-refractivity contribution in [1.82, 2.24) is 10.2 Å². The van der Waals surface area contributed by atoms with E-state index in [0.717, 1.165) is 16.2 Å². The summed E-state index contributed by atoms with van der Waals surface area (Å²) in [4.78, 5) is 62.5. The lowest BCUT2D eigenvalue weighted by molar-refractivity contribution is -0.146. The van der Waals surface area contributed by atoms with Gasteiger partial charge >= 0.3 is 12.0 Å². The summed E-state index contributed by atoms with van der Waals surface area (Å²) in [5, 5.41) is 2.54. The van der Waals surface area contributed by atoms with Gasteiger partial charge in [-0.15, -0.1) is 0 Å². The third-order valence-electron chi connectivity index (χ3n) is 5.18. The Labute approximate surface area is 161 Å². The van der Waals surface area contributed by atoms with E-state index in [1.54, 1.807) is 39.1 Å². The fourth-order valence-corrected chi connectivity index (χ4v) is 3.18. The number of nitrogens with one attached hydrogen (secondary N) is 1. The third kappa shape index (κ3) is 3.35. The number of imide groups is 1. The molecule has 1 atom stereocenters. The Morgan fingerprint density at radius 1 is 1.25 bits per heavy atom. The van der Waals surface area contributed by atoms with Gasteiger partial charge in [0, 0.05) is 18.3 Å². The van der Waals surface area contributed by atoms with Crippen LogP contribution in [-0.2, 0) is 25.5 Å². The van der Waals surface area contributed by atoms with Crippen LogP contribution in [0.15, 0.2) is 18.2 Å². The Hall–Kier alpha value is -3.23. The van der Waals surface area contributed by atoms with E-state index >= 15 is 0 Å². The molecular formula is C19H21N3O6. The number of fused-ring (bicyclic) bond motifs is 1. The van der Waals surface area contributed by atoms with E-state index in [4.69, 9.17) is 4.74 Å². The van der Waals surface area contributed by atoms with Gasteiger partial charge in [0.2, 0.25) is 5.91 Å². The number of carbonyl (C=O) groups excluding carboxylic acids is 5. The lowest BCUT2D eigenvalue weighted by Crippen LogP contribution is -2.43. The smallest absolute Gasteiger partial charge is 0.326 e. The lowest BCUT2D eigenvalue weighted by atomic mass is 9.99. The molecule has 2 aliphatic heterocycles. The standard InChI is InChI=1S/C19H21N3O6/c1-4-19(2)17(26)22(18(27)20-19)9-16(25)28-10-14(23)11-5-6-13-12(7-11)8-15(24)21(13)3/h5-7H,4,8-10H2,1-3H3,(H,20,27)/t19-/m1/s1. The van der Waals surface area contributed by atoms with Crippen LogP contribution in [-0.4, -0.2) is 60.2 Å². The quantitative estimate of drug-likeness (QED) is 0.436. The molecule has 0 radical (unpaired) electrons. The second-order valence-electron chi connectivity index (χ2n) is 7.06. The van der Waals surface area contributed by atoms with Gasteiger partial charge in [0.25, 0.3) is 5.91 Å². The number of nitrogens with zero attached hydrogens (tertiary/aromatic N) is 2. The number of likely N-dealkylation sites (N-methyl/N-ethyl adjacent to an activating group) is 1. The fraction of sp³-hybridized carbons (Fsp3) is 0.421. The van der Waals surface area contributed by atoms with Gasteiger partial charge in [0.1, 0.15) is 12.1 Å². The van der Waals surface area contributed by atoms with Crippen LogP contribution in [0.3, 0.4) is 0 Å². The molecule has 2 heterocycles. The zero-order valence-electron chi connectivity index (χ0n) is 15.9. The van der Waals surface area contributed by atoms with Gasteiger partial charge in [-0.05, 0) is 37.1 Å². The van der Waals surface area contributed by atoms with E-state index in [0.29, 0.717) is 12.0 Å². The number of hydrogen-bond donors (Lipinski definition) is 1. The number of benzene rings is 1. The van der Waals surface area contributed by atoms with E-state index in [1.807, 2.05) is 0 Å². The summed E-state index contributed by atoms with van der Waals surface area (Å²) in [6.07, 6.45) is 0.604. The van der Waals surface area contributed by atoms with Gasteiger partial charge in [-0.1, -0.05) is 6.92 Å². The van der Waals surface area contributed by atoms with E-state index in [2.05, 4.69) is 5.32 Å². The van der Waals surface area contributed by atoms with Crippen LogP contribution < -0.4 is 10.2 Å². The molecule has 0 bridgehead atoms. The molecular weight excluding hydrogens is 366 g/mol. The average Bonchev–Trinajstić information content (AvgIpc) is 3.07. The normalized spacial score (nSPS) is 21.0. The Balaban J connectivity index is 1.58. The Kier molecular flexibility index (Phi) is 4.93. The van der Waals surface area contributed by atoms with Gasteiger partial charge in [-0.25, -0.2) is 4.79 Å². The molecule has 1 N–H and O–H groups in total. The van der Waals surface area contributed by atoms with Crippen molar-refractivity contribution >= 4 is 35.3 Å². The molecule has 0 spiro atoms. The highest BCUT2D eigenvalue weighted by Gasteiger charge is 2.47. The third-order valence-corrected chi connectivity index (χ3v) is 5.18. The molecule has 4 amide bonds. The highest BCUT2D eigenvalue weighted by molar-refractivity contribution is 6.08. The maximum absolute atomic E-state index is 12.3. The highest BCUT2D eigenvalue weighted by Crippen LogP contribution is 2.28. The van der Waals surface area contributed by atoms with E-state index in [-0.39, 0.29) is 12.3 Å². The molecule has 1 fully saturated rings. The Morgan fingerprint density at radius 3 is 2.61 bits per heavy atom. The molecule has 1 aromatic rings. The number of ether oxygens (including phenoxy) is 1. The predicted octanol–water partition coefficient (Wildman–Crippen LogP) is 0.652. The fourth-order valence-electron chi connectivity index (χ4n) is 3.18. The van der Waals surface area contributed by atoms with Gasteiger partial charge in [-0.3, -0.25) is 24.1 Å². The van der Waals surface area contributed by atoms with Crippen molar-refractivity contribution in [3.05, 3.63) is 29.3 Å². The molecule has 0 aliphatic carbocycles. The molecule has 3 rings (SSSR count). The van der Waals surface area contributed by atoms with Crippen LogP contribution >= 0.6 is 0 Å². The Bertz CT molecular complexity index is 896. The first-order valence-electron chi connectivity index (χ1n) is 8.88. The number of rotatable bonds is 6. The minimum absolute atomic E-state index is 0.0568. The average molecular weight is 387 g/mol. The molecule has 148 valence electrons. The summed E-state index contributed by atoms with van der Waals surface area (Å²) in [5.74, 6) is -1.85. The van der Waals surface area contributed by atoms with E-state index < -0.39 is 42.4 Å². The van der Waals surface area contributed by atoms with E-state index in [1.165, 1.54) is 4.90 Å². The molecule has 9 nitrogen and oxygen atoms in total. The van der Waals surface area contributed by atoms with Crippen molar-refractivity contribution in [2.75, 3.05) is 25.1 Å². The van der Waals surface area contributed by atoms with Crippen molar-refractivity contribution in [3.63, 3.8) is 0 Å². The summed E-state index contributed by atoms with van der Waals surface area (Å²) >= 11 is 0. The number of ketones is 1. The second kappa shape index (κ2) is 7.06. The molecule has 1 saturated heterocycles. The van der Waals surface area contributed by atoms with Crippen LogP contribution in [0.1, 0.15) is 36.2 Å². The zero-order chi connectivity index (χ0) is 20.6. The van der Waals surface area contributed by atoms with Gasteiger partial charge in [-0.2, -0.15) is 0 Å². The minimum atomic E-state index is -1.04. The van der Waals surface area contributed by atoms with Crippen LogP contribution in [0.2, 0.25) is 0 Å². The molecule has 0 unspecified atom stereocenters. The van der Waals surface area contributed by atoms with Crippen LogP contribution in [0.25, 0.3) is 0 Å². The largest absolute Gasteiger partial charge is 0.456 e. The summed E-state index contributed by atoms with van der Waals surface area (Å²) in [6.45, 7) is 2.26. The number of amides is 4. The molecule has 1 aromatic carbocycles. The molecule has 0 aromatic heterocycles. The number of carbonyl (C=O) groups is 5. The van der Waals surface area contributed by atoms with Crippen molar-refractivity contribution < 1.29 is 28.7 Å². The SMILES string of the molecule is CC[C@@]1(C)NC(=O)N(CC(=O)OCC(=O)c2ccc3c(c2)CC(=O)N3C)C1=O. The summed E-state index contributed by atoms with van der Waals surface area (Å²) < 4.78 is 4.94. The minimum Gasteiger partial charge on any atom is -0.456 e. The van der Waals surface area contributed by atoms with Crippen LogP contribution in [0.5, 0.6) is 0 Å². The van der Waals surface area contributed by atoms with Gasteiger partial charge in [0.15, 0.2) is 12.4 Å². The maximum atomic E-state index is 12.3. The molecule has 9 heteroatoms. The second-order valence-corrected chi connectivity index (χ2v) is 7.06. The van der Waals surface area contributed by atoms with Gasteiger partial charge in [0.05, 0.1) is 6.42 Å².